The van der Waals surface area contributed by atoms with Gasteiger partial charge in [0.1, 0.15) is 11.7 Å². The van der Waals surface area contributed by atoms with E-state index in [-0.39, 0.29) is 0 Å². The summed E-state index contributed by atoms with van der Waals surface area (Å²) in [4.78, 5) is 12.8. The Bertz CT molecular complexity index is 1090. The van der Waals surface area contributed by atoms with E-state index >= 15 is 0 Å². The van der Waals surface area contributed by atoms with Crippen molar-refractivity contribution in [2.75, 3.05) is 7.05 Å². The lowest BCUT2D eigenvalue weighted by molar-refractivity contribution is 0.650. The van der Waals surface area contributed by atoms with Gasteiger partial charge in [-0.25, -0.2) is 4.98 Å². The molecule has 2 aromatic carbocycles. The number of hydrogen-bond acceptors (Lipinski definition) is 4. The third kappa shape index (κ3) is 3.42. The molecular formula is C22H21N5. The highest BCUT2D eigenvalue weighted by molar-refractivity contribution is 5.98. The van der Waals surface area contributed by atoms with Gasteiger partial charge in [-0.3, -0.25) is 14.6 Å². The van der Waals surface area contributed by atoms with Gasteiger partial charge in [-0.05, 0) is 43.5 Å². The van der Waals surface area contributed by atoms with Crippen LogP contribution in [0.25, 0.3) is 22.2 Å². The van der Waals surface area contributed by atoms with Crippen LogP contribution in [0.3, 0.4) is 0 Å². The van der Waals surface area contributed by atoms with Gasteiger partial charge in [-0.15, -0.1) is 0 Å². The average Bonchev–Trinajstić information content (AvgIpc) is 3.14. The molecule has 0 amide bonds. The molecule has 0 atom stereocenters. The first-order valence-electron chi connectivity index (χ1n) is 8.60. The monoisotopic (exact) mass is 355 g/mol. The fraction of sp³-hybridized carbons (Fsp3) is 0.182. The van der Waals surface area contributed by atoms with Crippen molar-refractivity contribution < 1.29 is 0 Å². The first-order valence-corrected chi connectivity index (χ1v) is 8.60. The quantitative estimate of drug-likeness (QED) is 0.507. The van der Waals surface area contributed by atoms with Gasteiger partial charge in [-0.2, -0.15) is 5.26 Å². The van der Waals surface area contributed by atoms with Crippen molar-refractivity contribution >= 4 is 23.3 Å². The number of imidazole rings is 1. The third-order valence-corrected chi connectivity index (χ3v) is 4.48. The molecule has 5 heteroatoms. The lowest BCUT2D eigenvalue weighted by Crippen LogP contribution is -2.24. The Kier molecular flexibility index (Phi) is 5.00. The fourth-order valence-corrected chi connectivity index (χ4v) is 2.98. The van der Waals surface area contributed by atoms with Crippen LogP contribution in [0.15, 0.2) is 70.9 Å². The summed E-state index contributed by atoms with van der Waals surface area (Å²) in [5.41, 5.74) is 0.991. The van der Waals surface area contributed by atoms with Crippen molar-refractivity contribution in [3.05, 3.63) is 66.6 Å². The maximum Gasteiger partial charge on any atom is 0.145 e. The second-order valence-electron chi connectivity index (χ2n) is 6.68. The van der Waals surface area contributed by atoms with Crippen molar-refractivity contribution in [3.8, 4) is 17.5 Å². The average molecular weight is 355 g/mol. The molecule has 27 heavy (non-hydrogen) atoms. The molecule has 0 saturated heterocycles. The van der Waals surface area contributed by atoms with E-state index in [1.807, 2.05) is 36.6 Å². The minimum Gasteiger partial charge on any atom is -0.279 e. The van der Waals surface area contributed by atoms with Gasteiger partial charge < -0.3 is 0 Å². The van der Waals surface area contributed by atoms with Crippen molar-refractivity contribution in [3.63, 3.8) is 0 Å². The number of hydrogen-bond donors (Lipinski definition) is 0. The molecule has 1 aromatic heterocycles. The minimum atomic E-state index is -0.729. The van der Waals surface area contributed by atoms with Crippen LogP contribution in [-0.4, -0.2) is 29.2 Å². The predicted molar refractivity (Wildman–Crippen MR) is 111 cm³/mol. The zero-order valence-electron chi connectivity index (χ0n) is 15.7. The maximum absolute atomic E-state index is 9.65. The molecule has 0 bridgehead atoms. The number of aliphatic imine (C=N–C) groups is 2. The van der Waals surface area contributed by atoms with Crippen LogP contribution in [0, 0.1) is 11.3 Å². The Morgan fingerprint density at radius 1 is 1.22 bits per heavy atom. The summed E-state index contributed by atoms with van der Waals surface area (Å²) >= 11 is 0. The molecule has 0 saturated carbocycles. The van der Waals surface area contributed by atoms with Gasteiger partial charge in [0.25, 0.3) is 0 Å². The smallest absolute Gasteiger partial charge is 0.145 e. The van der Waals surface area contributed by atoms with Crippen LogP contribution >= 0.6 is 0 Å². The summed E-state index contributed by atoms with van der Waals surface area (Å²) in [5.74, 6) is 1.37. The molecule has 1 heterocycles. The first kappa shape index (κ1) is 18.3. The standard InChI is InChI=1S/C22H21N5/c1-22(2,15-23)19-14-26-21(27(19)20(25-4)11-12-24-3)18-10-9-16-7-5-6-8-17(16)13-18/h5-14H,3H2,1-2,4H3/b12-11-,25-20+. The molecule has 0 spiro atoms. The highest BCUT2D eigenvalue weighted by Crippen LogP contribution is 2.30. The topological polar surface area (TPSA) is 66.3 Å². The Labute approximate surface area is 159 Å². The summed E-state index contributed by atoms with van der Waals surface area (Å²) in [6.07, 6.45) is 5.08. The number of rotatable bonds is 4. The van der Waals surface area contributed by atoms with Gasteiger partial charge >= 0.3 is 0 Å². The maximum atomic E-state index is 9.65. The lowest BCUT2D eigenvalue weighted by atomic mass is 9.91. The van der Waals surface area contributed by atoms with Crippen molar-refractivity contribution in [1.29, 1.82) is 5.26 Å². The molecule has 5 nitrogen and oxygen atoms in total. The molecular weight excluding hydrogens is 334 g/mol. The zero-order chi connectivity index (χ0) is 19.4. The van der Waals surface area contributed by atoms with E-state index in [1.165, 1.54) is 0 Å². The molecule has 3 aromatic rings. The molecule has 134 valence electrons. The van der Waals surface area contributed by atoms with Crippen molar-refractivity contribution in [1.82, 2.24) is 9.55 Å². The minimum absolute atomic E-state index is 0.640. The van der Waals surface area contributed by atoms with Crippen LogP contribution < -0.4 is 0 Å². The summed E-state index contributed by atoms with van der Waals surface area (Å²) < 4.78 is 1.91. The number of nitriles is 1. The summed E-state index contributed by atoms with van der Waals surface area (Å²) in [7, 11) is 1.70. The fourth-order valence-electron chi connectivity index (χ4n) is 2.98. The van der Waals surface area contributed by atoms with E-state index in [0.29, 0.717) is 5.84 Å². The Morgan fingerprint density at radius 3 is 2.63 bits per heavy atom. The van der Waals surface area contributed by atoms with E-state index in [2.05, 4.69) is 52.0 Å². The second kappa shape index (κ2) is 7.38. The largest absolute Gasteiger partial charge is 0.279 e. The van der Waals surface area contributed by atoms with Crippen LogP contribution in [-0.2, 0) is 5.41 Å². The second-order valence-corrected chi connectivity index (χ2v) is 6.68. The van der Waals surface area contributed by atoms with Crippen LogP contribution in [0.4, 0.5) is 0 Å². The van der Waals surface area contributed by atoms with Crippen LogP contribution in [0.5, 0.6) is 0 Å². The van der Waals surface area contributed by atoms with Crippen LogP contribution in [0.1, 0.15) is 19.5 Å². The lowest BCUT2D eigenvalue weighted by Gasteiger charge is -2.19. The van der Waals surface area contributed by atoms with Gasteiger partial charge in [0.15, 0.2) is 0 Å². The molecule has 0 aliphatic carbocycles. The van der Waals surface area contributed by atoms with E-state index in [0.717, 1.165) is 27.9 Å². The molecule has 0 N–H and O–H groups in total. The van der Waals surface area contributed by atoms with Gasteiger partial charge in [0.05, 0.1) is 23.4 Å². The predicted octanol–water partition coefficient (Wildman–Crippen LogP) is 4.60. The molecule has 0 radical (unpaired) electrons. The highest BCUT2D eigenvalue weighted by Gasteiger charge is 2.28. The number of nitrogens with zero attached hydrogens (tertiary/aromatic N) is 5. The number of fused-ring (bicyclic) bond motifs is 1. The molecule has 0 aliphatic rings. The number of aromatic nitrogens is 2. The Balaban J connectivity index is 2.27. The van der Waals surface area contributed by atoms with E-state index in [9.17, 15) is 5.26 Å². The summed E-state index contributed by atoms with van der Waals surface area (Å²) in [6.45, 7) is 7.22. The van der Waals surface area contributed by atoms with Gasteiger partial charge in [0, 0.05) is 18.8 Å². The zero-order valence-corrected chi connectivity index (χ0v) is 15.7. The summed E-state index contributed by atoms with van der Waals surface area (Å²) in [5, 5.41) is 11.9. The Hall–Kier alpha value is -3.52. The molecule has 0 unspecified atom stereocenters. The van der Waals surface area contributed by atoms with Crippen LogP contribution in [0.2, 0.25) is 0 Å². The summed E-state index contributed by atoms with van der Waals surface area (Å²) in [6, 6.07) is 16.7. The van der Waals surface area contributed by atoms with Gasteiger partial charge in [0.2, 0.25) is 0 Å². The van der Waals surface area contributed by atoms with E-state index < -0.39 is 5.41 Å². The van der Waals surface area contributed by atoms with E-state index in [4.69, 9.17) is 0 Å². The molecule has 3 rings (SSSR count). The Morgan fingerprint density at radius 2 is 1.96 bits per heavy atom. The molecule has 0 aliphatic heterocycles. The van der Waals surface area contributed by atoms with Crippen molar-refractivity contribution in [2.24, 2.45) is 9.98 Å². The normalized spacial score (nSPS) is 12.4. The van der Waals surface area contributed by atoms with Crippen molar-refractivity contribution in [2.45, 2.75) is 19.3 Å². The SMILES string of the molecule is C=N/C=C\C(=N/C)n1c(C(C)(C)C#N)cnc1-c1ccc2ccccc2c1. The third-order valence-electron chi connectivity index (χ3n) is 4.48. The van der Waals surface area contributed by atoms with E-state index in [1.54, 1.807) is 25.5 Å². The highest BCUT2D eigenvalue weighted by atomic mass is 15.1. The first-order chi connectivity index (χ1) is 13.0. The molecule has 0 fully saturated rings. The number of benzene rings is 2. The van der Waals surface area contributed by atoms with Gasteiger partial charge in [-0.1, -0.05) is 36.4 Å². The number of allylic oxidation sites excluding steroid dienone is 1.